The Morgan fingerprint density at radius 3 is 2.22 bits per heavy atom. The highest BCUT2D eigenvalue weighted by molar-refractivity contribution is 6.39. The lowest BCUT2D eigenvalue weighted by Crippen LogP contribution is -2.32. The van der Waals surface area contributed by atoms with Crippen LogP contribution in [0.5, 0.6) is 17.2 Å². The SMILES string of the molecule is COc1cc(/C=N/NC(=O)C(=O)Nc2cccc(Cl)c2)cc(OC)c1OC. The van der Waals surface area contributed by atoms with Gasteiger partial charge in [-0.3, -0.25) is 9.59 Å². The van der Waals surface area contributed by atoms with E-state index in [1.165, 1.54) is 33.6 Å². The van der Waals surface area contributed by atoms with Crippen molar-refractivity contribution in [3.05, 3.63) is 47.0 Å². The Kier molecular flexibility index (Phi) is 7.01. The standard InChI is InChI=1S/C18H18ClN3O5/c1-25-14-7-11(8-15(26-2)16(14)27-3)10-20-22-18(24)17(23)21-13-6-4-5-12(19)9-13/h4-10H,1-3H3,(H,21,23)(H,22,24)/b20-10+. The van der Waals surface area contributed by atoms with Crippen LogP contribution in [0.25, 0.3) is 0 Å². The van der Waals surface area contributed by atoms with Crippen molar-refractivity contribution in [2.75, 3.05) is 26.6 Å². The molecule has 8 nitrogen and oxygen atoms in total. The first kappa shape index (κ1) is 20.1. The maximum Gasteiger partial charge on any atom is 0.329 e. The Morgan fingerprint density at radius 1 is 1.00 bits per heavy atom. The summed E-state index contributed by atoms with van der Waals surface area (Å²) in [6.45, 7) is 0. The van der Waals surface area contributed by atoms with Crippen molar-refractivity contribution in [3.8, 4) is 17.2 Å². The van der Waals surface area contributed by atoms with Crippen LogP contribution in [0, 0.1) is 0 Å². The third kappa shape index (κ3) is 5.35. The van der Waals surface area contributed by atoms with Crippen molar-refractivity contribution >= 4 is 35.3 Å². The van der Waals surface area contributed by atoms with Crippen molar-refractivity contribution in [2.45, 2.75) is 0 Å². The molecule has 0 heterocycles. The van der Waals surface area contributed by atoms with Crippen molar-refractivity contribution in [1.29, 1.82) is 0 Å². The summed E-state index contributed by atoms with van der Waals surface area (Å²) in [6, 6.07) is 9.71. The number of hydrogen-bond donors (Lipinski definition) is 2. The van der Waals surface area contributed by atoms with Crippen molar-refractivity contribution in [1.82, 2.24) is 5.43 Å². The zero-order valence-electron chi connectivity index (χ0n) is 14.9. The first-order valence-electron chi connectivity index (χ1n) is 7.68. The van der Waals surface area contributed by atoms with Gasteiger partial charge in [0.2, 0.25) is 5.75 Å². The highest BCUT2D eigenvalue weighted by atomic mass is 35.5. The number of rotatable bonds is 6. The molecule has 0 atom stereocenters. The fourth-order valence-electron chi connectivity index (χ4n) is 2.15. The van der Waals surface area contributed by atoms with Gasteiger partial charge in [0.25, 0.3) is 0 Å². The summed E-state index contributed by atoms with van der Waals surface area (Å²) in [7, 11) is 4.47. The van der Waals surface area contributed by atoms with Crippen molar-refractivity contribution in [2.24, 2.45) is 5.10 Å². The first-order valence-corrected chi connectivity index (χ1v) is 8.06. The number of hydrazone groups is 1. The average molecular weight is 392 g/mol. The summed E-state index contributed by atoms with van der Waals surface area (Å²) in [5.74, 6) is -0.508. The molecule has 0 spiro atoms. The molecule has 0 radical (unpaired) electrons. The largest absolute Gasteiger partial charge is 0.493 e. The fraction of sp³-hybridized carbons (Fsp3) is 0.167. The van der Waals surface area contributed by atoms with Gasteiger partial charge in [-0.1, -0.05) is 17.7 Å². The van der Waals surface area contributed by atoms with Crippen LogP contribution in [0.4, 0.5) is 5.69 Å². The topological polar surface area (TPSA) is 98.2 Å². The molecule has 2 aromatic rings. The molecule has 0 aliphatic carbocycles. The maximum absolute atomic E-state index is 11.9. The second-order valence-corrected chi connectivity index (χ2v) is 5.56. The van der Waals surface area contributed by atoms with Crippen LogP contribution >= 0.6 is 11.6 Å². The molecule has 0 fully saturated rings. The van der Waals surface area contributed by atoms with Crippen LogP contribution in [-0.4, -0.2) is 39.4 Å². The van der Waals surface area contributed by atoms with E-state index in [2.05, 4.69) is 15.8 Å². The minimum Gasteiger partial charge on any atom is -0.493 e. The maximum atomic E-state index is 11.9. The molecule has 27 heavy (non-hydrogen) atoms. The molecule has 0 bridgehead atoms. The fourth-order valence-corrected chi connectivity index (χ4v) is 2.34. The van der Waals surface area contributed by atoms with Crippen LogP contribution < -0.4 is 25.0 Å². The van der Waals surface area contributed by atoms with E-state index in [-0.39, 0.29) is 0 Å². The van der Waals surface area contributed by atoms with Gasteiger partial charge in [0.1, 0.15) is 0 Å². The lowest BCUT2D eigenvalue weighted by atomic mass is 10.2. The summed E-state index contributed by atoms with van der Waals surface area (Å²) >= 11 is 5.83. The van der Waals surface area contributed by atoms with Gasteiger partial charge in [-0.25, -0.2) is 5.43 Å². The van der Waals surface area contributed by atoms with E-state index in [4.69, 9.17) is 25.8 Å². The Labute approximate surface area is 161 Å². The third-order valence-corrected chi connectivity index (χ3v) is 3.59. The van der Waals surface area contributed by atoms with Crippen LogP contribution in [0.3, 0.4) is 0 Å². The van der Waals surface area contributed by atoms with E-state index in [1.54, 1.807) is 30.3 Å². The van der Waals surface area contributed by atoms with Crippen LogP contribution in [0.15, 0.2) is 41.5 Å². The molecular weight excluding hydrogens is 374 g/mol. The van der Waals surface area contributed by atoms with Crippen LogP contribution in [0.2, 0.25) is 5.02 Å². The van der Waals surface area contributed by atoms with E-state index in [0.717, 1.165) is 0 Å². The number of halogens is 1. The molecular formula is C18H18ClN3O5. The molecule has 2 amide bonds. The second-order valence-electron chi connectivity index (χ2n) is 5.12. The number of benzene rings is 2. The van der Waals surface area contributed by atoms with E-state index in [9.17, 15) is 9.59 Å². The number of nitrogens with zero attached hydrogens (tertiary/aromatic N) is 1. The molecule has 0 aliphatic rings. The van der Waals surface area contributed by atoms with Gasteiger partial charge < -0.3 is 19.5 Å². The van der Waals surface area contributed by atoms with E-state index < -0.39 is 11.8 Å². The van der Waals surface area contributed by atoms with E-state index in [0.29, 0.717) is 33.5 Å². The molecule has 142 valence electrons. The zero-order valence-corrected chi connectivity index (χ0v) is 15.7. The molecule has 2 rings (SSSR count). The van der Waals surface area contributed by atoms with Gasteiger partial charge in [-0.2, -0.15) is 5.10 Å². The highest BCUT2D eigenvalue weighted by Gasteiger charge is 2.14. The van der Waals surface area contributed by atoms with Gasteiger partial charge in [0.15, 0.2) is 11.5 Å². The smallest absolute Gasteiger partial charge is 0.329 e. The minimum absolute atomic E-state index is 0.399. The number of carbonyl (C=O) groups excluding carboxylic acids is 2. The molecule has 2 aromatic carbocycles. The predicted octanol–water partition coefficient (Wildman–Crippen LogP) is 2.45. The van der Waals surface area contributed by atoms with Crippen LogP contribution in [-0.2, 0) is 9.59 Å². The van der Waals surface area contributed by atoms with E-state index in [1.807, 2.05) is 0 Å². The predicted molar refractivity (Wildman–Crippen MR) is 102 cm³/mol. The molecule has 0 unspecified atom stereocenters. The number of amides is 2. The highest BCUT2D eigenvalue weighted by Crippen LogP contribution is 2.37. The molecule has 0 saturated heterocycles. The van der Waals surface area contributed by atoms with Crippen LogP contribution in [0.1, 0.15) is 5.56 Å². The summed E-state index contributed by atoms with van der Waals surface area (Å²) in [5.41, 5.74) is 3.11. The monoisotopic (exact) mass is 391 g/mol. The molecule has 0 saturated carbocycles. The average Bonchev–Trinajstić information content (AvgIpc) is 2.66. The minimum atomic E-state index is -0.932. The van der Waals surface area contributed by atoms with Crippen molar-refractivity contribution in [3.63, 3.8) is 0 Å². The third-order valence-electron chi connectivity index (χ3n) is 3.36. The van der Waals surface area contributed by atoms with Gasteiger partial charge >= 0.3 is 11.8 Å². The summed E-state index contributed by atoms with van der Waals surface area (Å²) in [5, 5.41) is 6.62. The number of ether oxygens (including phenoxy) is 3. The Bertz CT molecular complexity index is 845. The number of carbonyl (C=O) groups is 2. The van der Waals surface area contributed by atoms with Gasteiger partial charge in [-0.15, -0.1) is 0 Å². The van der Waals surface area contributed by atoms with Gasteiger partial charge in [-0.05, 0) is 30.3 Å². The molecule has 0 aromatic heterocycles. The molecule has 2 N–H and O–H groups in total. The quantitative estimate of drug-likeness (QED) is 0.447. The van der Waals surface area contributed by atoms with Gasteiger partial charge in [0, 0.05) is 16.3 Å². The number of methoxy groups -OCH3 is 3. The number of nitrogens with one attached hydrogen (secondary N) is 2. The molecule has 9 heteroatoms. The van der Waals surface area contributed by atoms with Crippen molar-refractivity contribution < 1.29 is 23.8 Å². The summed E-state index contributed by atoms with van der Waals surface area (Å²) in [4.78, 5) is 23.7. The van der Waals surface area contributed by atoms with Gasteiger partial charge in [0.05, 0.1) is 27.5 Å². The normalized spacial score (nSPS) is 10.4. The second kappa shape index (κ2) is 9.44. The summed E-state index contributed by atoms with van der Waals surface area (Å²) < 4.78 is 15.7. The van der Waals surface area contributed by atoms with E-state index >= 15 is 0 Å². The Hall–Kier alpha value is -3.26. The Morgan fingerprint density at radius 2 is 1.67 bits per heavy atom. The summed E-state index contributed by atoms with van der Waals surface area (Å²) in [6.07, 6.45) is 1.34. The lowest BCUT2D eigenvalue weighted by Gasteiger charge is -2.12. The number of hydrogen-bond acceptors (Lipinski definition) is 6. The zero-order chi connectivity index (χ0) is 19.8. The number of anilines is 1. The lowest BCUT2D eigenvalue weighted by molar-refractivity contribution is -0.136. The molecule has 0 aliphatic heterocycles. The Balaban J connectivity index is 2.03. The first-order chi connectivity index (χ1) is 13.0.